The van der Waals surface area contributed by atoms with E-state index in [2.05, 4.69) is 10.6 Å². The molecule has 5 nitrogen and oxygen atoms in total. The Hall–Kier alpha value is -3.64. The van der Waals surface area contributed by atoms with Gasteiger partial charge in [-0.15, -0.1) is 11.3 Å². The highest BCUT2D eigenvalue weighted by Crippen LogP contribution is 2.30. The average molecular weight is 417 g/mol. The van der Waals surface area contributed by atoms with Crippen LogP contribution in [0.1, 0.15) is 15.9 Å². The van der Waals surface area contributed by atoms with Crippen LogP contribution >= 0.6 is 11.3 Å². The molecule has 1 heterocycles. The molecule has 2 amide bonds. The zero-order valence-electron chi connectivity index (χ0n) is 16.3. The van der Waals surface area contributed by atoms with Crippen LogP contribution in [0.2, 0.25) is 0 Å². The normalized spacial score (nSPS) is 10.6. The van der Waals surface area contributed by atoms with Gasteiger partial charge in [0.2, 0.25) is 5.91 Å². The highest BCUT2D eigenvalue weighted by Gasteiger charge is 2.12. The van der Waals surface area contributed by atoms with Crippen molar-refractivity contribution in [1.29, 1.82) is 0 Å². The van der Waals surface area contributed by atoms with Crippen LogP contribution < -0.4 is 15.4 Å². The Morgan fingerprint density at radius 2 is 1.70 bits per heavy atom. The van der Waals surface area contributed by atoms with Gasteiger partial charge in [-0.05, 0) is 65.7 Å². The summed E-state index contributed by atoms with van der Waals surface area (Å²) < 4.78 is 7.09. The number of fused-ring (bicyclic) bond motifs is 1. The van der Waals surface area contributed by atoms with E-state index in [9.17, 15) is 9.59 Å². The van der Waals surface area contributed by atoms with Gasteiger partial charge in [0.25, 0.3) is 5.91 Å². The molecule has 4 rings (SSSR count). The lowest BCUT2D eigenvalue weighted by Gasteiger charge is -2.14. The first kappa shape index (κ1) is 19.7. The zero-order valence-corrected chi connectivity index (χ0v) is 17.2. The Balaban J connectivity index is 1.39. The monoisotopic (exact) mass is 416 g/mol. The van der Waals surface area contributed by atoms with Gasteiger partial charge in [-0.3, -0.25) is 9.59 Å². The van der Waals surface area contributed by atoms with Gasteiger partial charge in [0.15, 0.2) is 5.75 Å². The molecule has 0 saturated heterocycles. The van der Waals surface area contributed by atoms with E-state index in [1.54, 1.807) is 29.5 Å². The summed E-state index contributed by atoms with van der Waals surface area (Å²) >= 11 is 1.62. The number of carbonyl (C=O) groups is 2. The van der Waals surface area contributed by atoms with Gasteiger partial charge in [-0.25, -0.2) is 0 Å². The molecule has 0 unspecified atom stereocenters. The number of thiophene rings is 1. The fraction of sp³-hybridized carbons (Fsp3) is 0.0833. The third-order valence-electron chi connectivity index (χ3n) is 4.60. The first-order valence-corrected chi connectivity index (χ1v) is 10.4. The summed E-state index contributed by atoms with van der Waals surface area (Å²) in [4.78, 5) is 24.8. The summed E-state index contributed by atoms with van der Waals surface area (Å²) in [5.41, 5.74) is 2.06. The summed E-state index contributed by atoms with van der Waals surface area (Å²) in [5.74, 6) is 0.634. The molecule has 0 aliphatic heterocycles. The van der Waals surface area contributed by atoms with E-state index in [1.807, 2.05) is 66.9 Å². The minimum absolute atomic E-state index is 0.140. The van der Waals surface area contributed by atoms with Crippen LogP contribution in [-0.2, 0) is 4.79 Å². The largest absolute Gasteiger partial charge is 0.455 e. The van der Waals surface area contributed by atoms with Crippen LogP contribution in [0, 0.1) is 6.92 Å². The number of para-hydroxylation sites is 3. The Kier molecular flexibility index (Phi) is 5.77. The smallest absolute Gasteiger partial charge is 0.251 e. The van der Waals surface area contributed by atoms with E-state index < -0.39 is 0 Å². The van der Waals surface area contributed by atoms with Gasteiger partial charge in [0, 0.05) is 10.3 Å². The van der Waals surface area contributed by atoms with Crippen molar-refractivity contribution >= 4 is 38.9 Å². The molecule has 2 N–H and O–H groups in total. The van der Waals surface area contributed by atoms with Crippen LogP contribution in [0.4, 0.5) is 5.69 Å². The van der Waals surface area contributed by atoms with Crippen molar-refractivity contribution in [2.75, 3.05) is 11.9 Å². The van der Waals surface area contributed by atoms with Crippen LogP contribution in [0.15, 0.2) is 78.2 Å². The molecular formula is C24H20N2O3S. The summed E-state index contributed by atoms with van der Waals surface area (Å²) in [5, 5.41) is 8.47. The molecule has 30 heavy (non-hydrogen) atoms. The van der Waals surface area contributed by atoms with Gasteiger partial charge < -0.3 is 15.4 Å². The van der Waals surface area contributed by atoms with Crippen LogP contribution in [0.3, 0.4) is 0 Å². The summed E-state index contributed by atoms with van der Waals surface area (Å²) in [6.45, 7) is 1.82. The Morgan fingerprint density at radius 3 is 2.53 bits per heavy atom. The minimum atomic E-state index is -0.333. The number of rotatable bonds is 6. The first-order chi connectivity index (χ1) is 14.6. The number of anilines is 1. The SMILES string of the molecule is Cc1ccccc1Oc1ccccc1NC(=O)CNC(=O)c1ccc2sccc2c1. The number of amides is 2. The standard InChI is InChI=1S/C24H20N2O3S/c1-16-6-2-4-8-20(16)29-21-9-5-3-7-19(21)26-23(27)15-25-24(28)18-10-11-22-17(14-18)12-13-30-22/h2-14H,15H2,1H3,(H,25,28)(H,26,27). The van der Waals surface area contributed by atoms with Crippen molar-refractivity contribution in [3.05, 3.63) is 89.3 Å². The fourth-order valence-electron chi connectivity index (χ4n) is 3.01. The highest BCUT2D eigenvalue weighted by molar-refractivity contribution is 7.17. The maximum atomic E-state index is 12.4. The molecular weight excluding hydrogens is 396 g/mol. The summed E-state index contributed by atoms with van der Waals surface area (Å²) in [6, 6.07) is 22.3. The van der Waals surface area contributed by atoms with Crippen molar-refractivity contribution in [3.63, 3.8) is 0 Å². The average Bonchev–Trinajstić information content (AvgIpc) is 3.23. The van der Waals surface area contributed by atoms with Gasteiger partial charge in [-0.1, -0.05) is 30.3 Å². The molecule has 0 bridgehead atoms. The third kappa shape index (κ3) is 4.50. The number of ether oxygens (including phenoxy) is 1. The quantitative estimate of drug-likeness (QED) is 0.444. The van der Waals surface area contributed by atoms with E-state index >= 15 is 0 Å². The van der Waals surface area contributed by atoms with Crippen molar-refractivity contribution in [2.24, 2.45) is 0 Å². The second-order valence-corrected chi connectivity index (χ2v) is 7.72. The summed E-state index contributed by atoms with van der Waals surface area (Å²) in [6.07, 6.45) is 0. The number of carbonyl (C=O) groups excluding carboxylic acids is 2. The summed E-state index contributed by atoms with van der Waals surface area (Å²) in [7, 11) is 0. The van der Waals surface area contributed by atoms with Crippen molar-refractivity contribution < 1.29 is 14.3 Å². The zero-order chi connectivity index (χ0) is 20.9. The first-order valence-electron chi connectivity index (χ1n) is 9.48. The molecule has 1 aromatic heterocycles. The Labute approximate surface area is 178 Å². The molecule has 6 heteroatoms. The third-order valence-corrected chi connectivity index (χ3v) is 5.50. The van der Waals surface area contributed by atoms with Crippen LogP contribution in [0.5, 0.6) is 11.5 Å². The number of hydrogen-bond acceptors (Lipinski definition) is 4. The van der Waals surface area contributed by atoms with Crippen molar-refractivity contribution in [2.45, 2.75) is 6.92 Å². The fourth-order valence-corrected chi connectivity index (χ4v) is 3.78. The van der Waals surface area contributed by atoms with E-state index in [-0.39, 0.29) is 18.4 Å². The lowest BCUT2D eigenvalue weighted by molar-refractivity contribution is -0.115. The number of hydrogen-bond donors (Lipinski definition) is 2. The molecule has 4 aromatic rings. The number of nitrogens with one attached hydrogen (secondary N) is 2. The van der Waals surface area contributed by atoms with Crippen LogP contribution in [-0.4, -0.2) is 18.4 Å². The van der Waals surface area contributed by atoms with Crippen molar-refractivity contribution in [1.82, 2.24) is 5.32 Å². The lowest BCUT2D eigenvalue weighted by Crippen LogP contribution is -2.32. The van der Waals surface area contributed by atoms with E-state index in [1.165, 1.54) is 0 Å². The predicted molar refractivity (Wildman–Crippen MR) is 120 cm³/mol. The van der Waals surface area contributed by atoms with Gasteiger partial charge in [-0.2, -0.15) is 0 Å². The molecule has 0 aliphatic carbocycles. The maximum Gasteiger partial charge on any atom is 0.251 e. The molecule has 0 atom stereocenters. The maximum absolute atomic E-state index is 12.4. The molecule has 0 spiro atoms. The minimum Gasteiger partial charge on any atom is -0.455 e. The molecule has 0 radical (unpaired) electrons. The van der Waals surface area contributed by atoms with Crippen molar-refractivity contribution in [3.8, 4) is 11.5 Å². The predicted octanol–water partition coefficient (Wildman–Crippen LogP) is 5.37. The van der Waals surface area contributed by atoms with Gasteiger partial charge in [0.1, 0.15) is 5.75 Å². The molecule has 0 aliphatic rings. The Bertz CT molecular complexity index is 1220. The topological polar surface area (TPSA) is 67.4 Å². The lowest BCUT2D eigenvalue weighted by atomic mass is 10.1. The second-order valence-electron chi connectivity index (χ2n) is 6.77. The molecule has 150 valence electrons. The van der Waals surface area contributed by atoms with E-state index in [0.29, 0.717) is 17.0 Å². The highest BCUT2D eigenvalue weighted by atomic mass is 32.1. The van der Waals surface area contributed by atoms with E-state index in [4.69, 9.17) is 4.74 Å². The number of benzene rings is 3. The number of aryl methyl sites for hydroxylation is 1. The molecule has 0 saturated carbocycles. The molecule has 3 aromatic carbocycles. The van der Waals surface area contributed by atoms with Crippen LogP contribution in [0.25, 0.3) is 10.1 Å². The van der Waals surface area contributed by atoms with Gasteiger partial charge in [0.05, 0.1) is 12.2 Å². The second kappa shape index (κ2) is 8.80. The van der Waals surface area contributed by atoms with Gasteiger partial charge >= 0.3 is 0 Å². The van der Waals surface area contributed by atoms with E-state index in [0.717, 1.165) is 21.4 Å². The Morgan fingerprint density at radius 1 is 0.933 bits per heavy atom. The molecule has 0 fully saturated rings.